The average Bonchev–Trinajstić information content (AvgIpc) is 2.86. The van der Waals surface area contributed by atoms with Crippen LogP contribution in [0.3, 0.4) is 0 Å². The minimum Gasteiger partial charge on any atom is -0.444 e. The lowest BCUT2D eigenvalue weighted by atomic mass is 10.1. The summed E-state index contributed by atoms with van der Waals surface area (Å²) in [6.45, 7) is 9.15. The van der Waals surface area contributed by atoms with Crippen LogP contribution in [0.5, 0.6) is 0 Å². The van der Waals surface area contributed by atoms with Crippen LogP contribution in [0.2, 0.25) is 0 Å². The second-order valence-electron chi connectivity index (χ2n) is 6.81. The molecule has 1 N–H and O–H groups in total. The van der Waals surface area contributed by atoms with Crippen molar-refractivity contribution in [1.29, 1.82) is 5.26 Å². The van der Waals surface area contributed by atoms with E-state index in [9.17, 15) is 4.79 Å². The number of alkyl carbamates (subject to hydrolysis) is 1. The molecule has 0 bridgehead atoms. The van der Waals surface area contributed by atoms with Crippen molar-refractivity contribution in [3.05, 3.63) is 27.7 Å². The molecule has 1 fully saturated rings. The maximum absolute atomic E-state index is 11.9. The van der Waals surface area contributed by atoms with Crippen LogP contribution in [0.15, 0.2) is 16.6 Å². The van der Waals surface area contributed by atoms with E-state index >= 15 is 0 Å². The number of benzene rings is 1. The fourth-order valence-corrected chi connectivity index (χ4v) is 3.09. The first-order valence-corrected chi connectivity index (χ1v) is 8.43. The maximum Gasteiger partial charge on any atom is 0.407 e. The molecule has 23 heavy (non-hydrogen) atoms. The van der Waals surface area contributed by atoms with E-state index in [0.717, 1.165) is 35.2 Å². The van der Waals surface area contributed by atoms with Gasteiger partial charge in [-0.3, -0.25) is 0 Å². The molecule has 1 aliphatic heterocycles. The molecule has 5 nitrogen and oxygen atoms in total. The summed E-state index contributed by atoms with van der Waals surface area (Å²) in [6, 6.07) is 6.10. The number of ether oxygens (including phenoxy) is 1. The Bertz CT molecular complexity index is 646. The number of hydrogen-bond acceptors (Lipinski definition) is 4. The summed E-state index contributed by atoms with van der Waals surface area (Å²) in [4.78, 5) is 14.1. The van der Waals surface area contributed by atoms with E-state index in [1.54, 1.807) is 0 Å². The van der Waals surface area contributed by atoms with Gasteiger partial charge >= 0.3 is 6.09 Å². The van der Waals surface area contributed by atoms with Crippen LogP contribution in [-0.4, -0.2) is 30.8 Å². The number of nitriles is 1. The fraction of sp³-hybridized carbons (Fsp3) is 0.529. The number of halogens is 1. The number of nitrogens with zero attached hydrogens (tertiary/aromatic N) is 2. The molecular formula is C17H22BrN3O2. The highest BCUT2D eigenvalue weighted by atomic mass is 79.9. The molecule has 0 radical (unpaired) electrons. The van der Waals surface area contributed by atoms with Gasteiger partial charge in [-0.1, -0.05) is 0 Å². The first kappa shape index (κ1) is 17.6. The summed E-state index contributed by atoms with van der Waals surface area (Å²) < 4.78 is 6.10. The van der Waals surface area contributed by atoms with Crippen molar-refractivity contribution in [3.63, 3.8) is 0 Å². The predicted molar refractivity (Wildman–Crippen MR) is 93.6 cm³/mol. The van der Waals surface area contributed by atoms with E-state index in [1.807, 2.05) is 39.8 Å². The number of amides is 1. The van der Waals surface area contributed by atoms with E-state index in [0.29, 0.717) is 5.56 Å². The number of aryl methyl sites for hydroxylation is 1. The van der Waals surface area contributed by atoms with Gasteiger partial charge in [-0.05, 0) is 67.7 Å². The normalized spacial score (nSPS) is 17.7. The second-order valence-corrected chi connectivity index (χ2v) is 7.66. The Labute approximate surface area is 145 Å². The Morgan fingerprint density at radius 2 is 2.17 bits per heavy atom. The summed E-state index contributed by atoms with van der Waals surface area (Å²) in [5.74, 6) is 0. The lowest BCUT2D eigenvalue weighted by Crippen LogP contribution is -2.40. The SMILES string of the molecule is Cc1cc(C#N)c(Br)cc1N1CCC(NC(=O)OC(C)(C)C)C1. The van der Waals surface area contributed by atoms with Crippen LogP contribution in [0, 0.1) is 18.3 Å². The third-order valence-corrected chi connectivity index (χ3v) is 4.31. The number of nitrogens with one attached hydrogen (secondary N) is 1. The van der Waals surface area contributed by atoms with Gasteiger partial charge in [0.25, 0.3) is 0 Å². The molecule has 1 aliphatic rings. The Morgan fingerprint density at radius 3 is 2.78 bits per heavy atom. The Hall–Kier alpha value is -1.74. The van der Waals surface area contributed by atoms with Crippen molar-refractivity contribution < 1.29 is 9.53 Å². The molecule has 0 spiro atoms. The molecule has 1 aromatic rings. The van der Waals surface area contributed by atoms with Crippen LogP contribution in [0.4, 0.5) is 10.5 Å². The zero-order valence-electron chi connectivity index (χ0n) is 13.9. The molecule has 1 saturated heterocycles. The first-order valence-electron chi connectivity index (χ1n) is 7.64. The van der Waals surface area contributed by atoms with Crippen LogP contribution in [0.25, 0.3) is 0 Å². The van der Waals surface area contributed by atoms with Gasteiger partial charge in [0.15, 0.2) is 0 Å². The minimum atomic E-state index is -0.489. The largest absolute Gasteiger partial charge is 0.444 e. The highest BCUT2D eigenvalue weighted by molar-refractivity contribution is 9.10. The second kappa shape index (κ2) is 6.79. The van der Waals surface area contributed by atoms with Crippen molar-refractivity contribution in [1.82, 2.24) is 5.32 Å². The van der Waals surface area contributed by atoms with Gasteiger partial charge in [0.1, 0.15) is 11.7 Å². The number of hydrogen-bond donors (Lipinski definition) is 1. The van der Waals surface area contributed by atoms with E-state index in [-0.39, 0.29) is 12.1 Å². The van der Waals surface area contributed by atoms with Crippen LogP contribution >= 0.6 is 15.9 Å². The summed E-state index contributed by atoms with van der Waals surface area (Å²) in [6.07, 6.45) is 0.498. The zero-order chi connectivity index (χ0) is 17.2. The zero-order valence-corrected chi connectivity index (χ0v) is 15.5. The third kappa shape index (κ3) is 4.61. The van der Waals surface area contributed by atoms with Crippen molar-refractivity contribution in [2.24, 2.45) is 0 Å². The molecule has 2 rings (SSSR count). The van der Waals surface area contributed by atoms with Crippen molar-refractivity contribution in [3.8, 4) is 6.07 Å². The molecule has 0 saturated carbocycles. The lowest BCUT2D eigenvalue weighted by molar-refractivity contribution is 0.0509. The lowest BCUT2D eigenvalue weighted by Gasteiger charge is -2.23. The number of rotatable bonds is 2. The van der Waals surface area contributed by atoms with Gasteiger partial charge in [-0.25, -0.2) is 4.79 Å². The molecule has 0 aromatic heterocycles. The molecule has 1 aromatic carbocycles. The Morgan fingerprint density at radius 1 is 1.48 bits per heavy atom. The van der Waals surface area contributed by atoms with Crippen LogP contribution in [-0.2, 0) is 4.74 Å². The monoisotopic (exact) mass is 379 g/mol. The fourth-order valence-electron chi connectivity index (χ4n) is 2.67. The van der Waals surface area contributed by atoms with Crippen molar-refractivity contribution >= 4 is 27.7 Å². The maximum atomic E-state index is 11.9. The molecule has 1 unspecified atom stereocenters. The predicted octanol–water partition coefficient (Wildman–Crippen LogP) is 3.73. The van der Waals surface area contributed by atoms with E-state index in [4.69, 9.17) is 10.00 Å². The van der Waals surface area contributed by atoms with Gasteiger partial charge in [0.2, 0.25) is 0 Å². The van der Waals surface area contributed by atoms with Crippen LogP contribution in [0.1, 0.15) is 38.3 Å². The van der Waals surface area contributed by atoms with Gasteiger partial charge in [-0.2, -0.15) is 5.26 Å². The molecule has 124 valence electrons. The third-order valence-electron chi connectivity index (χ3n) is 3.66. The average molecular weight is 380 g/mol. The Kier molecular flexibility index (Phi) is 5.20. The van der Waals surface area contributed by atoms with Crippen molar-refractivity contribution in [2.75, 3.05) is 18.0 Å². The van der Waals surface area contributed by atoms with E-state index < -0.39 is 5.60 Å². The topological polar surface area (TPSA) is 65.4 Å². The summed E-state index contributed by atoms with van der Waals surface area (Å²) in [5, 5.41) is 12.0. The number of carbonyl (C=O) groups is 1. The van der Waals surface area contributed by atoms with Gasteiger partial charge < -0.3 is 15.0 Å². The molecule has 0 aliphatic carbocycles. The molecule has 1 atom stereocenters. The van der Waals surface area contributed by atoms with Gasteiger partial charge in [0, 0.05) is 23.2 Å². The minimum absolute atomic E-state index is 0.0682. The van der Waals surface area contributed by atoms with E-state index in [1.165, 1.54) is 0 Å². The quantitative estimate of drug-likeness (QED) is 0.849. The highest BCUT2D eigenvalue weighted by Crippen LogP contribution is 2.30. The summed E-state index contributed by atoms with van der Waals surface area (Å²) >= 11 is 3.44. The highest BCUT2D eigenvalue weighted by Gasteiger charge is 2.27. The number of carbonyl (C=O) groups excluding carboxylic acids is 1. The van der Waals surface area contributed by atoms with Crippen molar-refractivity contribution in [2.45, 2.75) is 45.8 Å². The first-order chi connectivity index (χ1) is 10.7. The van der Waals surface area contributed by atoms with Crippen LogP contribution < -0.4 is 10.2 Å². The number of anilines is 1. The molecule has 6 heteroatoms. The van der Waals surface area contributed by atoms with Gasteiger partial charge in [0.05, 0.1) is 11.6 Å². The molecule has 1 amide bonds. The molecular weight excluding hydrogens is 358 g/mol. The summed E-state index contributed by atoms with van der Waals surface area (Å²) in [7, 11) is 0. The van der Waals surface area contributed by atoms with Gasteiger partial charge in [-0.15, -0.1) is 0 Å². The standard InChI is InChI=1S/C17H22BrN3O2/c1-11-7-12(9-19)14(18)8-15(11)21-6-5-13(10-21)20-16(22)23-17(2,3)4/h7-8,13H,5-6,10H2,1-4H3,(H,20,22). The van der Waals surface area contributed by atoms with E-state index in [2.05, 4.69) is 32.2 Å². The molecule has 1 heterocycles. The smallest absolute Gasteiger partial charge is 0.407 e. The summed E-state index contributed by atoms with van der Waals surface area (Å²) in [5.41, 5.74) is 2.29. The Balaban J connectivity index is 2.02.